The summed E-state index contributed by atoms with van der Waals surface area (Å²) in [5, 5.41) is 17.8. The molecule has 0 saturated carbocycles. The quantitative estimate of drug-likeness (QED) is 0.824. The fraction of sp³-hybridized carbons (Fsp3) is 0.471. The molecule has 0 bridgehead atoms. The van der Waals surface area contributed by atoms with Gasteiger partial charge in [-0.15, -0.1) is 0 Å². The molecule has 2 aromatic rings. The lowest BCUT2D eigenvalue weighted by atomic mass is 10.1. The monoisotopic (exact) mass is 303 g/mol. The van der Waals surface area contributed by atoms with Gasteiger partial charge in [-0.05, 0) is 38.5 Å². The van der Waals surface area contributed by atoms with Crippen molar-refractivity contribution in [1.82, 2.24) is 15.1 Å². The zero-order chi connectivity index (χ0) is 16.1. The number of aryl methyl sites for hydroxylation is 1. The van der Waals surface area contributed by atoms with E-state index in [9.17, 15) is 5.11 Å². The SMILES string of the molecule is Cc1c(CNCC(O)c2cccc(OC(C)C)c2)cnn1C. The summed E-state index contributed by atoms with van der Waals surface area (Å²) in [5.74, 6) is 0.787. The van der Waals surface area contributed by atoms with Crippen molar-refractivity contribution < 1.29 is 9.84 Å². The lowest BCUT2D eigenvalue weighted by Crippen LogP contribution is -2.21. The van der Waals surface area contributed by atoms with E-state index in [1.807, 2.05) is 63.0 Å². The molecule has 0 aliphatic rings. The zero-order valence-corrected chi connectivity index (χ0v) is 13.7. The predicted octanol–water partition coefficient (Wildman–Crippen LogP) is 2.34. The molecule has 2 rings (SSSR count). The molecule has 1 atom stereocenters. The average Bonchev–Trinajstić information content (AvgIpc) is 2.79. The smallest absolute Gasteiger partial charge is 0.120 e. The van der Waals surface area contributed by atoms with Gasteiger partial charge in [-0.25, -0.2) is 0 Å². The Hall–Kier alpha value is -1.85. The first-order chi connectivity index (χ1) is 10.5. The third-order valence-corrected chi connectivity index (χ3v) is 3.60. The Morgan fingerprint density at radius 2 is 2.14 bits per heavy atom. The second kappa shape index (κ2) is 7.42. The van der Waals surface area contributed by atoms with Crippen LogP contribution in [0.25, 0.3) is 0 Å². The molecule has 1 aromatic carbocycles. The van der Waals surface area contributed by atoms with Crippen LogP contribution in [0.2, 0.25) is 0 Å². The van der Waals surface area contributed by atoms with Gasteiger partial charge in [0.2, 0.25) is 0 Å². The minimum atomic E-state index is -0.562. The van der Waals surface area contributed by atoms with E-state index in [-0.39, 0.29) is 6.10 Å². The fourth-order valence-corrected chi connectivity index (χ4v) is 2.25. The van der Waals surface area contributed by atoms with Crippen molar-refractivity contribution >= 4 is 0 Å². The van der Waals surface area contributed by atoms with Crippen LogP contribution in [-0.2, 0) is 13.6 Å². The predicted molar refractivity (Wildman–Crippen MR) is 86.8 cm³/mol. The van der Waals surface area contributed by atoms with Crippen LogP contribution in [0.1, 0.15) is 36.8 Å². The van der Waals surface area contributed by atoms with Gasteiger partial charge >= 0.3 is 0 Å². The minimum Gasteiger partial charge on any atom is -0.491 e. The summed E-state index contributed by atoms with van der Waals surface area (Å²) >= 11 is 0. The van der Waals surface area contributed by atoms with Gasteiger partial charge in [0.05, 0.1) is 18.4 Å². The normalized spacial score (nSPS) is 12.6. The van der Waals surface area contributed by atoms with Crippen LogP contribution >= 0.6 is 0 Å². The summed E-state index contributed by atoms with van der Waals surface area (Å²) in [7, 11) is 1.92. The number of benzene rings is 1. The van der Waals surface area contributed by atoms with E-state index < -0.39 is 6.10 Å². The minimum absolute atomic E-state index is 0.124. The number of nitrogens with zero attached hydrogens (tertiary/aromatic N) is 2. The number of aliphatic hydroxyl groups excluding tert-OH is 1. The van der Waals surface area contributed by atoms with Crippen molar-refractivity contribution in [3.8, 4) is 5.75 Å². The summed E-state index contributed by atoms with van der Waals surface area (Å²) in [4.78, 5) is 0. The van der Waals surface area contributed by atoms with Crippen LogP contribution in [0.5, 0.6) is 5.75 Å². The van der Waals surface area contributed by atoms with Gasteiger partial charge in [0.25, 0.3) is 0 Å². The summed E-state index contributed by atoms with van der Waals surface area (Å²) in [5.41, 5.74) is 3.13. The Balaban J connectivity index is 1.89. The van der Waals surface area contributed by atoms with Crippen LogP contribution in [0.3, 0.4) is 0 Å². The van der Waals surface area contributed by atoms with E-state index >= 15 is 0 Å². The molecule has 2 N–H and O–H groups in total. The molecule has 0 amide bonds. The molecule has 1 aromatic heterocycles. The number of nitrogens with one attached hydrogen (secondary N) is 1. The van der Waals surface area contributed by atoms with Crippen molar-refractivity contribution in [2.45, 2.75) is 39.5 Å². The molecule has 0 spiro atoms. The maximum Gasteiger partial charge on any atom is 0.120 e. The fourth-order valence-electron chi connectivity index (χ4n) is 2.25. The summed E-state index contributed by atoms with van der Waals surface area (Å²) < 4.78 is 7.50. The van der Waals surface area contributed by atoms with Crippen LogP contribution in [-0.4, -0.2) is 27.5 Å². The van der Waals surface area contributed by atoms with Gasteiger partial charge in [0, 0.05) is 31.4 Å². The van der Waals surface area contributed by atoms with Crippen molar-refractivity contribution in [1.29, 1.82) is 0 Å². The van der Waals surface area contributed by atoms with E-state index in [0.29, 0.717) is 13.1 Å². The molecule has 0 radical (unpaired) electrons. The Kier molecular flexibility index (Phi) is 5.57. The highest BCUT2D eigenvalue weighted by Gasteiger charge is 2.10. The third kappa shape index (κ3) is 4.32. The van der Waals surface area contributed by atoms with Crippen LogP contribution < -0.4 is 10.1 Å². The van der Waals surface area contributed by atoms with Crippen molar-refractivity contribution in [2.75, 3.05) is 6.54 Å². The van der Waals surface area contributed by atoms with E-state index in [1.165, 1.54) is 0 Å². The molecule has 0 fully saturated rings. The number of aromatic nitrogens is 2. The molecule has 1 heterocycles. The zero-order valence-electron chi connectivity index (χ0n) is 13.7. The Morgan fingerprint density at radius 3 is 2.77 bits per heavy atom. The molecule has 120 valence electrons. The van der Waals surface area contributed by atoms with Crippen LogP contribution in [0.4, 0.5) is 0 Å². The van der Waals surface area contributed by atoms with Crippen molar-refractivity contribution in [3.05, 3.63) is 47.3 Å². The molecule has 0 aliphatic heterocycles. The standard InChI is InChI=1S/C17H25N3O2/c1-12(2)22-16-7-5-6-14(8-16)17(21)11-18-9-15-10-19-20(4)13(15)3/h5-8,10,12,17-18,21H,9,11H2,1-4H3. The highest BCUT2D eigenvalue weighted by atomic mass is 16.5. The Morgan fingerprint density at radius 1 is 1.36 bits per heavy atom. The van der Waals surface area contributed by atoms with Gasteiger partial charge in [-0.1, -0.05) is 12.1 Å². The van der Waals surface area contributed by atoms with Gasteiger partial charge < -0.3 is 15.2 Å². The van der Waals surface area contributed by atoms with Gasteiger partial charge in [-0.2, -0.15) is 5.10 Å². The number of ether oxygens (including phenoxy) is 1. The summed E-state index contributed by atoms with van der Waals surface area (Å²) in [6, 6.07) is 7.61. The lowest BCUT2D eigenvalue weighted by Gasteiger charge is -2.15. The number of hydrogen-bond acceptors (Lipinski definition) is 4. The third-order valence-electron chi connectivity index (χ3n) is 3.60. The maximum atomic E-state index is 10.3. The van der Waals surface area contributed by atoms with Gasteiger partial charge in [-0.3, -0.25) is 4.68 Å². The highest BCUT2D eigenvalue weighted by Crippen LogP contribution is 2.20. The lowest BCUT2D eigenvalue weighted by molar-refractivity contribution is 0.173. The summed E-state index contributed by atoms with van der Waals surface area (Å²) in [6.07, 6.45) is 1.41. The molecule has 1 unspecified atom stereocenters. The Bertz CT molecular complexity index is 608. The van der Waals surface area contributed by atoms with E-state index in [4.69, 9.17) is 4.74 Å². The molecule has 5 nitrogen and oxygen atoms in total. The average molecular weight is 303 g/mol. The first-order valence-electron chi connectivity index (χ1n) is 7.60. The first-order valence-corrected chi connectivity index (χ1v) is 7.60. The van der Waals surface area contributed by atoms with Crippen LogP contribution in [0.15, 0.2) is 30.5 Å². The Labute approximate surface area is 131 Å². The molecule has 5 heteroatoms. The van der Waals surface area contributed by atoms with E-state index in [0.717, 1.165) is 22.6 Å². The number of rotatable bonds is 7. The van der Waals surface area contributed by atoms with Crippen molar-refractivity contribution in [3.63, 3.8) is 0 Å². The van der Waals surface area contributed by atoms with E-state index in [2.05, 4.69) is 10.4 Å². The second-order valence-corrected chi connectivity index (χ2v) is 5.76. The van der Waals surface area contributed by atoms with Gasteiger partial charge in [0.1, 0.15) is 5.75 Å². The van der Waals surface area contributed by atoms with Crippen molar-refractivity contribution in [2.24, 2.45) is 7.05 Å². The largest absolute Gasteiger partial charge is 0.491 e. The second-order valence-electron chi connectivity index (χ2n) is 5.76. The molecule has 0 saturated heterocycles. The summed E-state index contributed by atoms with van der Waals surface area (Å²) in [6.45, 7) is 7.19. The van der Waals surface area contributed by atoms with E-state index in [1.54, 1.807) is 0 Å². The molecular weight excluding hydrogens is 278 g/mol. The number of aliphatic hydroxyl groups is 1. The topological polar surface area (TPSA) is 59.3 Å². The molecule has 22 heavy (non-hydrogen) atoms. The van der Waals surface area contributed by atoms with Crippen LogP contribution in [0, 0.1) is 6.92 Å². The van der Waals surface area contributed by atoms with Gasteiger partial charge in [0.15, 0.2) is 0 Å². The first kappa shape index (κ1) is 16.5. The molecular formula is C17H25N3O2. The number of hydrogen-bond donors (Lipinski definition) is 2. The molecule has 0 aliphatic carbocycles. The maximum absolute atomic E-state index is 10.3. The highest BCUT2D eigenvalue weighted by molar-refractivity contribution is 5.30.